The minimum atomic E-state index is -0.549. The van der Waals surface area contributed by atoms with Gasteiger partial charge in [0.1, 0.15) is 11.4 Å². The molecule has 30 heavy (non-hydrogen) atoms. The van der Waals surface area contributed by atoms with E-state index in [4.69, 9.17) is 14.8 Å². The van der Waals surface area contributed by atoms with Gasteiger partial charge in [0.25, 0.3) is 0 Å². The molecular weight excluding hydrogens is 471 g/mol. The molecule has 3 rings (SSSR count). The Balaban J connectivity index is 1.94. The Hall–Kier alpha value is -1.61. The van der Waals surface area contributed by atoms with Gasteiger partial charge in [-0.05, 0) is 67.9 Å². The third-order valence-corrected chi connectivity index (χ3v) is 6.44. The summed E-state index contributed by atoms with van der Waals surface area (Å²) in [6.45, 7) is 10.7. The van der Waals surface area contributed by atoms with Crippen molar-refractivity contribution >= 4 is 33.8 Å². The molecule has 0 aliphatic carbocycles. The second-order valence-electron chi connectivity index (χ2n) is 8.31. The van der Waals surface area contributed by atoms with E-state index >= 15 is 0 Å². The van der Waals surface area contributed by atoms with Gasteiger partial charge in [-0.25, -0.2) is 18.9 Å². The van der Waals surface area contributed by atoms with Crippen LogP contribution in [0.25, 0.3) is 11.4 Å². The van der Waals surface area contributed by atoms with E-state index in [0.717, 1.165) is 5.75 Å². The molecule has 0 N–H and O–H groups in total. The number of hydrogen-bond acceptors (Lipinski definition) is 5. The molecule has 1 aromatic carbocycles. The average Bonchev–Trinajstić information content (AvgIpc) is 3.30. The molecule has 0 spiro atoms. The second kappa shape index (κ2) is 9.26. The molecule has 1 amide bonds. The Labute approximate surface area is 189 Å². The largest absolute Gasteiger partial charge is 0.444 e. The van der Waals surface area contributed by atoms with E-state index in [0.29, 0.717) is 41.2 Å². The third kappa shape index (κ3) is 5.17. The highest BCUT2D eigenvalue weighted by Gasteiger charge is 2.33. The van der Waals surface area contributed by atoms with Crippen LogP contribution in [0, 0.1) is 5.82 Å². The van der Waals surface area contributed by atoms with Gasteiger partial charge >= 0.3 is 6.09 Å². The predicted molar refractivity (Wildman–Crippen MR) is 121 cm³/mol. The standard InChI is InChI=1S/C21H28BrFN4O2S/c1-6-30-13(2)18-24-19(15-8-7-9-16(22)17(15)23)27(25-18)14-10-11-26(12-14)20(28)29-21(3,4)5/h7-9,13-14H,6,10-12H2,1-5H3. The van der Waals surface area contributed by atoms with Gasteiger partial charge in [-0.15, -0.1) is 0 Å². The summed E-state index contributed by atoms with van der Waals surface area (Å²) in [4.78, 5) is 18.9. The number of halogens is 2. The summed E-state index contributed by atoms with van der Waals surface area (Å²) in [5.74, 6) is 1.73. The molecule has 1 aromatic heterocycles. The lowest BCUT2D eigenvalue weighted by Gasteiger charge is -2.24. The fourth-order valence-corrected chi connectivity index (χ4v) is 4.50. The molecule has 2 atom stereocenters. The van der Waals surface area contributed by atoms with Crippen LogP contribution in [0.4, 0.5) is 9.18 Å². The van der Waals surface area contributed by atoms with Crippen LogP contribution in [0.3, 0.4) is 0 Å². The molecule has 1 aliphatic rings. The maximum Gasteiger partial charge on any atom is 0.410 e. The Kier molecular flexibility index (Phi) is 7.12. The Morgan fingerprint density at radius 1 is 1.43 bits per heavy atom. The van der Waals surface area contributed by atoms with Crippen molar-refractivity contribution in [2.24, 2.45) is 0 Å². The highest BCUT2D eigenvalue weighted by atomic mass is 79.9. The lowest BCUT2D eigenvalue weighted by molar-refractivity contribution is 0.0288. The van der Waals surface area contributed by atoms with Crippen molar-refractivity contribution in [2.45, 2.75) is 57.9 Å². The van der Waals surface area contributed by atoms with Crippen molar-refractivity contribution in [3.05, 3.63) is 34.3 Å². The molecule has 1 aliphatic heterocycles. The van der Waals surface area contributed by atoms with E-state index in [2.05, 4.69) is 29.8 Å². The molecule has 6 nitrogen and oxygen atoms in total. The Morgan fingerprint density at radius 3 is 2.83 bits per heavy atom. The maximum atomic E-state index is 14.9. The molecule has 2 heterocycles. The number of carbonyl (C=O) groups is 1. The number of hydrogen-bond donors (Lipinski definition) is 0. The van der Waals surface area contributed by atoms with Gasteiger partial charge in [-0.1, -0.05) is 13.0 Å². The maximum absolute atomic E-state index is 14.9. The molecule has 0 saturated carbocycles. The number of benzene rings is 1. The SMILES string of the molecule is CCSC(C)c1nc(-c2cccc(Br)c2F)n(C2CCN(C(=O)OC(C)(C)C)C2)n1. The van der Waals surface area contributed by atoms with Gasteiger partial charge in [-0.3, -0.25) is 0 Å². The quantitative estimate of drug-likeness (QED) is 0.517. The molecule has 1 fully saturated rings. The van der Waals surface area contributed by atoms with Crippen LogP contribution in [0.1, 0.15) is 58.2 Å². The van der Waals surface area contributed by atoms with Crippen molar-refractivity contribution in [1.82, 2.24) is 19.7 Å². The molecule has 164 valence electrons. The Bertz CT molecular complexity index is 915. The highest BCUT2D eigenvalue weighted by molar-refractivity contribution is 9.10. The van der Waals surface area contributed by atoms with Crippen molar-refractivity contribution in [3.8, 4) is 11.4 Å². The van der Waals surface area contributed by atoms with Crippen LogP contribution in [0.2, 0.25) is 0 Å². The molecule has 1 saturated heterocycles. The summed E-state index contributed by atoms with van der Waals surface area (Å²) in [6.07, 6.45) is 0.371. The molecule has 2 unspecified atom stereocenters. The summed E-state index contributed by atoms with van der Waals surface area (Å²) in [5.41, 5.74) is -0.153. The Morgan fingerprint density at radius 2 is 2.17 bits per heavy atom. The summed E-state index contributed by atoms with van der Waals surface area (Å²) < 4.78 is 22.6. The smallest absolute Gasteiger partial charge is 0.410 e. The van der Waals surface area contributed by atoms with E-state index in [-0.39, 0.29) is 23.2 Å². The third-order valence-electron chi connectivity index (χ3n) is 4.78. The topological polar surface area (TPSA) is 60.2 Å². The van der Waals surface area contributed by atoms with Gasteiger partial charge in [0.2, 0.25) is 0 Å². The van der Waals surface area contributed by atoms with Crippen LogP contribution < -0.4 is 0 Å². The first-order valence-electron chi connectivity index (χ1n) is 10.1. The average molecular weight is 499 g/mol. The van der Waals surface area contributed by atoms with Crippen LogP contribution in [0.5, 0.6) is 0 Å². The molecule has 0 radical (unpaired) electrons. The van der Waals surface area contributed by atoms with E-state index in [1.54, 1.807) is 39.5 Å². The van der Waals surface area contributed by atoms with Crippen molar-refractivity contribution < 1.29 is 13.9 Å². The van der Waals surface area contributed by atoms with Gasteiger partial charge in [0, 0.05) is 13.1 Å². The number of ether oxygens (including phenoxy) is 1. The van der Waals surface area contributed by atoms with E-state index in [9.17, 15) is 9.18 Å². The first kappa shape index (κ1) is 23.1. The monoisotopic (exact) mass is 498 g/mol. The molecule has 9 heteroatoms. The number of nitrogens with zero attached hydrogens (tertiary/aromatic N) is 4. The summed E-state index contributed by atoms with van der Waals surface area (Å²) in [5, 5.41) is 4.84. The molecule has 0 bridgehead atoms. The highest BCUT2D eigenvalue weighted by Crippen LogP contribution is 2.34. The fraction of sp³-hybridized carbons (Fsp3) is 0.571. The first-order valence-corrected chi connectivity index (χ1v) is 11.9. The van der Waals surface area contributed by atoms with E-state index < -0.39 is 5.60 Å². The lowest BCUT2D eigenvalue weighted by atomic mass is 10.2. The number of rotatable bonds is 5. The van der Waals surface area contributed by atoms with E-state index in [1.807, 2.05) is 20.8 Å². The van der Waals surface area contributed by atoms with Crippen LogP contribution in [0.15, 0.2) is 22.7 Å². The molecule has 2 aromatic rings. The van der Waals surface area contributed by atoms with E-state index in [1.165, 1.54) is 0 Å². The summed E-state index contributed by atoms with van der Waals surface area (Å²) >= 11 is 5.00. The van der Waals surface area contributed by atoms with Crippen molar-refractivity contribution in [2.75, 3.05) is 18.8 Å². The van der Waals surface area contributed by atoms with Crippen LogP contribution in [-0.2, 0) is 4.74 Å². The number of aromatic nitrogens is 3. The number of amides is 1. The van der Waals surface area contributed by atoms with Gasteiger partial charge in [0.15, 0.2) is 11.6 Å². The number of likely N-dealkylation sites (tertiary alicyclic amines) is 1. The normalized spacial score (nSPS) is 18.0. The zero-order valence-corrected chi connectivity index (χ0v) is 20.4. The minimum Gasteiger partial charge on any atom is -0.444 e. The second-order valence-corrected chi connectivity index (χ2v) is 10.8. The fourth-order valence-electron chi connectivity index (χ4n) is 3.39. The number of thioether (sulfide) groups is 1. The zero-order chi connectivity index (χ0) is 22.1. The van der Waals surface area contributed by atoms with Crippen LogP contribution >= 0.6 is 27.7 Å². The van der Waals surface area contributed by atoms with Crippen molar-refractivity contribution in [1.29, 1.82) is 0 Å². The lowest BCUT2D eigenvalue weighted by Crippen LogP contribution is -2.35. The van der Waals surface area contributed by atoms with Gasteiger partial charge in [0.05, 0.1) is 21.3 Å². The zero-order valence-electron chi connectivity index (χ0n) is 18.0. The van der Waals surface area contributed by atoms with Crippen LogP contribution in [-0.4, -0.2) is 50.2 Å². The summed E-state index contributed by atoms with van der Waals surface area (Å²) in [6, 6.07) is 5.07. The molecular formula is C21H28BrFN4O2S. The predicted octanol–water partition coefficient (Wildman–Crippen LogP) is 5.84. The van der Waals surface area contributed by atoms with Crippen molar-refractivity contribution in [3.63, 3.8) is 0 Å². The first-order chi connectivity index (χ1) is 14.1. The summed E-state index contributed by atoms with van der Waals surface area (Å²) in [7, 11) is 0. The number of carbonyl (C=O) groups excluding carboxylic acids is 1. The van der Waals surface area contributed by atoms with Gasteiger partial charge in [-0.2, -0.15) is 16.9 Å². The van der Waals surface area contributed by atoms with Gasteiger partial charge < -0.3 is 9.64 Å². The minimum absolute atomic E-state index is 0.0913.